The minimum absolute atomic E-state index is 0.112. The molecule has 1 aromatic rings. The summed E-state index contributed by atoms with van der Waals surface area (Å²) in [5, 5.41) is 3.29. The molecule has 4 heteroatoms. The predicted molar refractivity (Wildman–Crippen MR) is 81.2 cm³/mol. The van der Waals surface area contributed by atoms with Crippen LogP contribution >= 0.6 is 0 Å². The summed E-state index contributed by atoms with van der Waals surface area (Å²) in [6.07, 6.45) is 0.112. The second kappa shape index (κ2) is 10.7. The lowest BCUT2D eigenvalue weighted by Gasteiger charge is -2.13. The van der Waals surface area contributed by atoms with Crippen molar-refractivity contribution in [1.82, 2.24) is 5.32 Å². The first-order valence-corrected chi connectivity index (χ1v) is 7.38. The molecule has 0 saturated heterocycles. The van der Waals surface area contributed by atoms with E-state index in [1.54, 1.807) is 0 Å². The van der Waals surface area contributed by atoms with Crippen LogP contribution in [0.15, 0.2) is 24.3 Å². The maximum atomic E-state index is 5.63. The fourth-order valence-electron chi connectivity index (χ4n) is 1.71. The fraction of sp³-hybridized carbons (Fsp3) is 0.625. The summed E-state index contributed by atoms with van der Waals surface area (Å²) in [6.45, 7) is 10.5. The van der Waals surface area contributed by atoms with E-state index in [2.05, 4.69) is 24.4 Å². The Hall–Kier alpha value is -1.10. The van der Waals surface area contributed by atoms with Gasteiger partial charge in [0.05, 0.1) is 19.3 Å². The molecule has 0 radical (unpaired) electrons. The Morgan fingerprint density at radius 2 is 1.85 bits per heavy atom. The molecular formula is C16H27NO3. The van der Waals surface area contributed by atoms with Crippen LogP contribution in [0.25, 0.3) is 0 Å². The molecule has 4 nitrogen and oxygen atoms in total. The van der Waals surface area contributed by atoms with E-state index in [0.717, 1.165) is 25.4 Å². The summed E-state index contributed by atoms with van der Waals surface area (Å²) in [7, 11) is 0. The molecule has 1 atom stereocenters. The molecule has 0 spiro atoms. The van der Waals surface area contributed by atoms with Gasteiger partial charge in [0.25, 0.3) is 0 Å². The first-order chi connectivity index (χ1) is 9.76. The number of hydrogen-bond acceptors (Lipinski definition) is 4. The Bertz CT molecular complexity index is 340. The van der Waals surface area contributed by atoms with Crippen molar-refractivity contribution in [1.29, 1.82) is 0 Å². The highest BCUT2D eigenvalue weighted by Gasteiger charge is 2.01. The molecule has 0 fully saturated rings. The lowest BCUT2D eigenvalue weighted by Crippen LogP contribution is -2.19. The average Bonchev–Trinajstić information content (AvgIpc) is 2.48. The van der Waals surface area contributed by atoms with Crippen LogP contribution in [-0.2, 0) is 16.0 Å². The minimum atomic E-state index is 0.112. The minimum Gasteiger partial charge on any atom is -0.491 e. The summed E-state index contributed by atoms with van der Waals surface area (Å²) in [5.41, 5.74) is 1.26. The zero-order chi connectivity index (χ0) is 14.6. The van der Waals surface area contributed by atoms with Gasteiger partial charge in [-0.15, -0.1) is 0 Å². The Morgan fingerprint density at radius 3 is 2.50 bits per heavy atom. The van der Waals surface area contributed by atoms with E-state index in [-0.39, 0.29) is 6.10 Å². The maximum Gasteiger partial charge on any atom is 0.119 e. The predicted octanol–water partition coefficient (Wildman–Crippen LogP) is 2.62. The van der Waals surface area contributed by atoms with E-state index >= 15 is 0 Å². The summed E-state index contributed by atoms with van der Waals surface area (Å²) in [5.74, 6) is 0.881. The van der Waals surface area contributed by atoms with Crippen LogP contribution in [0.2, 0.25) is 0 Å². The standard InChI is InChI=1S/C16H27NO3/c1-4-17-12-15-6-8-16(9-7-15)20-11-10-19-14(3)13-18-5-2/h6-9,14,17H,4-5,10-13H2,1-3H3. The summed E-state index contributed by atoms with van der Waals surface area (Å²) >= 11 is 0. The molecule has 114 valence electrons. The smallest absolute Gasteiger partial charge is 0.119 e. The SMILES string of the molecule is CCNCc1ccc(OCCOC(C)COCC)cc1. The highest BCUT2D eigenvalue weighted by Crippen LogP contribution is 2.12. The van der Waals surface area contributed by atoms with Gasteiger partial charge in [0.15, 0.2) is 0 Å². The first kappa shape index (κ1) is 17.0. The summed E-state index contributed by atoms with van der Waals surface area (Å²) < 4.78 is 16.5. The summed E-state index contributed by atoms with van der Waals surface area (Å²) in [4.78, 5) is 0. The molecule has 1 unspecified atom stereocenters. The van der Waals surface area contributed by atoms with Gasteiger partial charge in [-0.25, -0.2) is 0 Å². The van der Waals surface area contributed by atoms with Crippen molar-refractivity contribution < 1.29 is 14.2 Å². The Kier molecular flexibility index (Phi) is 9.04. The lowest BCUT2D eigenvalue weighted by atomic mass is 10.2. The molecule has 0 saturated carbocycles. The molecule has 20 heavy (non-hydrogen) atoms. The van der Waals surface area contributed by atoms with Crippen LogP contribution in [0.3, 0.4) is 0 Å². The van der Waals surface area contributed by atoms with Crippen molar-refractivity contribution >= 4 is 0 Å². The van der Waals surface area contributed by atoms with Crippen LogP contribution in [0.4, 0.5) is 0 Å². The van der Waals surface area contributed by atoms with Crippen LogP contribution < -0.4 is 10.1 Å². The Morgan fingerprint density at radius 1 is 1.10 bits per heavy atom. The Balaban J connectivity index is 2.15. The van der Waals surface area contributed by atoms with Gasteiger partial charge in [-0.05, 0) is 38.1 Å². The lowest BCUT2D eigenvalue weighted by molar-refractivity contribution is -0.0128. The van der Waals surface area contributed by atoms with E-state index in [9.17, 15) is 0 Å². The van der Waals surface area contributed by atoms with Gasteiger partial charge in [0.2, 0.25) is 0 Å². The number of ether oxygens (including phenoxy) is 3. The molecule has 0 heterocycles. The van der Waals surface area contributed by atoms with Crippen molar-refractivity contribution in [3.63, 3.8) is 0 Å². The number of nitrogens with one attached hydrogen (secondary N) is 1. The van der Waals surface area contributed by atoms with Gasteiger partial charge < -0.3 is 19.5 Å². The summed E-state index contributed by atoms with van der Waals surface area (Å²) in [6, 6.07) is 8.15. The number of rotatable bonds is 11. The van der Waals surface area contributed by atoms with Gasteiger partial charge in [-0.1, -0.05) is 19.1 Å². The third kappa shape index (κ3) is 7.48. The molecule has 0 aliphatic heterocycles. The van der Waals surface area contributed by atoms with Crippen molar-refractivity contribution in [3.8, 4) is 5.75 Å². The molecule has 0 bridgehead atoms. The van der Waals surface area contributed by atoms with Gasteiger partial charge in [-0.3, -0.25) is 0 Å². The Labute approximate surface area is 122 Å². The molecule has 1 N–H and O–H groups in total. The highest BCUT2D eigenvalue weighted by molar-refractivity contribution is 5.27. The normalized spacial score (nSPS) is 12.3. The van der Waals surface area contributed by atoms with E-state index in [1.165, 1.54) is 5.56 Å². The largest absolute Gasteiger partial charge is 0.491 e. The molecule has 1 aromatic carbocycles. The second-order valence-electron chi connectivity index (χ2n) is 4.61. The van der Waals surface area contributed by atoms with Gasteiger partial charge in [0.1, 0.15) is 12.4 Å². The van der Waals surface area contributed by atoms with E-state index in [4.69, 9.17) is 14.2 Å². The fourth-order valence-corrected chi connectivity index (χ4v) is 1.71. The maximum absolute atomic E-state index is 5.63. The van der Waals surface area contributed by atoms with E-state index < -0.39 is 0 Å². The van der Waals surface area contributed by atoms with Gasteiger partial charge in [-0.2, -0.15) is 0 Å². The first-order valence-electron chi connectivity index (χ1n) is 7.38. The molecule has 0 aliphatic carbocycles. The second-order valence-corrected chi connectivity index (χ2v) is 4.61. The van der Waals surface area contributed by atoms with Crippen molar-refractivity contribution in [2.75, 3.05) is 33.0 Å². The van der Waals surface area contributed by atoms with Crippen molar-refractivity contribution in [2.45, 2.75) is 33.4 Å². The zero-order valence-electron chi connectivity index (χ0n) is 12.9. The van der Waals surface area contributed by atoms with E-state index in [1.807, 2.05) is 26.0 Å². The molecule has 0 aromatic heterocycles. The molecular weight excluding hydrogens is 254 g/mol. The molecule has 0 aliphatic rings. The van der Waals surface area contributed by atoms with Crippen molar-refractivity contribution in [2.24, 2.45) is 0 Å². The zero-order valence-corrected chi connectivity index (χ0v) is 12.9. The highest BCUT2D eigenvalue weighted by atomic mass is 16.5. The van der Waals surface area contributed by atoms with E-state index in [0.29, 0.717) is 19.8 Å². The average molecular weight is 281 g/mol. The van der Waals surface area contributed by atoms with Crippen LogP contribution in [-0.4, -0.2) is 39.1 Å². The van der Waals surface area contributed by atoms with Gasteiger partial charge in [0, 0.05) is 13.2 Å². The van der Waals surface area contributed by atoms with Gasteiger partial charge >= 0.3 is 0 Å². The van der Waals surface area contributed by atoms with Crippen LogP contribution in [0.1, 0.15) is 26.3 Å². The third-order valence-electron chi connectivity index (χ3n) is 2.81. The molecule has 1 rings (SSSR count). The monoisotopic (exact) mass is 281 g/mol. The third-order valence-corrected chi connectivity index (χ3v) is 2.81. The molecule has 0 amide bonds. The number of hydrogen-bond donors (Lipinski definition) is 1. The van der Waals surface area contributed by atoms with Crippen LogP contribution in [0, 0.1) is 0 Å². The van der Waals surface area contributed by atoms with Crippen molar-refractivity contribution in [3.05, 3.63) is 29.8 Å². The number of benzene rings is 1. The quantitative estimate of drug-likeness (QED) is 0.633. The van der Waals surface area contributed by atoms with Crippen LogP contribution in [0.5, 0.6) is 5.75 Å². The topological polar surface area (TPSA) is 39.7 Å².